The van der Waals surface area contributed by atoms with Gasteiger partial charge in [-0.25, -0.2) is 0 Å². The molecular weight excluding hydrogens is 324 g/mol. The molecule has 1 aromatic carbocycles. The van der Waals surface area contributed by atoms with Gasteiger partial charge in [0.05, 0.1) is 24.3 Å². The van der Waals surface area contributed by atoms with Gasteiger partial charge in [0.2, 0.25) is 0 Å². The van der Waals surface area contributed by atoms with Gasteiger partial charge in [-0.05, 0) is 57.7 Å². The molecule has 0 spiro atoms. The van der Waals surface area contributed by atoms with Gasteiger partial charge < -0.3 is 15.4 Å². The first-order chi connectivity index (χ1) is 12.7. The van der Waals surface area contributed by atoms with E-state index in [4.69, 9.17) is 4.74 Å². The first-order valence-electron chi connectivity index (χ1n) is 10.2. The molecule has 2 N–H and O–H groups in total. The van der Waals surface area contributed by atoms with E-state index in [1.165, 1.54) is 49.9 Å². The van der Waals surface area contributed by atoms with Crippen LogP contribution in [0.3, 0.4) is 0 Å². The minimum Gasteiger partial charge on any atom is -0.373 e. The number of likely N-dealkylation sites (tertiary alicyclic amines) is 1. The van der Waals surface area contributed by atoms with Crippen molar-refractivity contribution >= 4 is 5.96 Å². The van der Waals surface area contributed by atoms with Gasteiger partial charge in [0.25, 0.3) is 0 Å². The van der Waals surface area contributed by atoms with Crippen LogP contribution in [0.5, 0.6) is 0 Å². The maximum atomic E-state index is 5.96. The Labute approximate surface area is 157 Å². The highest BCUT2D eigenvalue weighted by atomic mass is 16.5. The van der Waals surface area contributed by atoms with Crippen molar-refractivity contribution < 1.29 is 4.74 Å². The molecule has 3 saturated heterocycles. The first kappa shape index (κ1) is 17.8. The van der Waals surface area contributed by atoms with Gasteiger partial charge in [0.1, 0.15) is 0 Å². The first-order valence-corrected chi connectivity index (χ1v) is 10.2. The number of nitrogens with one attached hydrogen (secondary N) is 2. The number of fused-ring (bicyclic) bond motifs is 2. The van der Waals surface area contributed by atoms with E-state index in [1.807, 2.05) is 7.05 Å². The van der Waals surface area contributed by atoms with Crippen LogP contribution in [0.15, 0.2) is 29.3 Å². The van der Waals surface area contributed by atoms with Crippen molar-refractivity contribution in [2.24, 2.45) is 4.99 Å². The third-order valence-electron chi connectivity index (χ3n) is 6.16. The molecule has 3 aliphatic rings. The molecule has 3 heterocycles. The smallest absolute Gasteiger partial charge is 0.191 e. The molecule has 142 valence electrons. The van der Waals surface area contributed by atoms with E-state index >= 15 is 0 Å². The van der Waals surface area contributed by atoms with E-state index in [2.05, 4.69) is 51.7 Å². The summed E-state index contributed by atoms with van der Waals surface area (Å²) < 4.78 is 5.96. The third kappa shape index (κ3) is 3.89. The quantitative estimate of drug-likeness (QED) is 0.629. The highest BCUT2D eigenvalue weighted by Crippen LogP contribution is 2.34. The summed E-state index contributed by atoms with van der Waals surface area (Å²) in [4.78, 5) is 7.06. The number of rotatable bonds is 5. The molecule has 26 heavy (non-hydrogen) atoms. The summed E-state index contributed by atoms with van der Waals surface area (Å²) in [6.07, 6.45) is 6.94. The zero-order valence-corrected chi connectivity index (χ0v) is 16.1. The molecule has 0 radical (unpaired) electrons. The fourth-order valence-electron chi connectivity index (χ4n) is 4.65. The maximum absolute atomic E-state index is 5.96. The Kier molecular flexibility index (Phi) is 5.46. The van der Waals surface area contributed by atoms with Crippen LogP contribution in [0, 0.1) is 6.92 Å². The maximum Gasteiger partial charge on any atom is 0.191 e. The molecule has 3 aliphatic heterocycles. The summed E-state index contributed by atoms with van der Waals surface area (Å²) in [6, 6.07) is 9.80. The van der Waals surface area contributed by atoms with Crippen molar-refractivity contribution in [2.45, 2.75) is 63.3 Å². The summed E-state index contributed by atoms with van der Waals surface area (Å²) in [7, 11) is 1.86. The predicted molar refractivity (Wildman–Crippen MR) is 106 cm³/mol. The van der Waals surface area contributed by atoms with E-state index in [0.29, 0.717) is 24.3 Å². The molecule has 0 aliphatic carbocycles. The molecule has 0 amide bonds. The summed E-state index contributed by atoms with van der Waals surface area (Å²) in [6.45, 7) is 5.40. The van der Waals surface area contributed by atoms with Crippen LogP contribution >= 0.6 is 0 Å². The molecular formula is C21H32N4O. The number of aryl methyl sites for hydroxylation is 1. The largest absolute Gasteiger partial charge is 0.373 e. The van der Waals surface area contributed by atoms with Crippen LogP contribution < -0.4 is 10.6 Å². The Hall–Kier alpha value is -1.59. The average Bonchev–Trinajstić information content (AvgIpc) is 3.40. The van der Waals surface area contributed by atoms with Crippen molar-refractivity contribution in [3.05, 3.63) is 35.4 Å². The van der Waals surface area contributed by atoms with Gasteiger partial charge in [-0.15, -0.1) is 0 Å². The third-order valence-corrected chi connectivity index (χ3v) is 6.16. The minimum absolute atomic E-state index is 0.366. The van der Waals surface area contributed by atoms with E-state index in [-0.39, 0.29) is 0 Å². The van der Waals surface area contributed by atoms with E-state index in [9.17, 15) is 0 Å². The van der Waals surface area contributed by atoms with Gasteiger partial charge in [0, 0.05) is 13.6 Å². The van der Waals surface area contributed by atoms with Gasteiger partial charge >= 0.3 is 0 Å². The molecule has 4 atom stereocenters. The van der Waals surface area contributed by atoms with Crippen molar-refractivity contribution in [3.8, 4) is 0 Å². The lowest BCUT2D eigenvalue weighted by atomic mass is 9.96. The van der Waals surface area contributed by atoms with Crippen molar-refractivity contribution in [3.63, 3.8) is 0 Å². The van der Waals surface area contributed by atoms with Gasteiger partial charge in [0.15, 0.2) is 5.96 Å². The predicted octanol–water partition coefficient (Wildman–Crippen LogP) is 2.62. The Bertz CT molecular complexity index is 623. The highest BCUT2D eigenvalue weighted by Gasteiger charge is 2.41. The second-order valence-electron chi connectivity index (χ2n) is 7.98. The second kappa shape index (κ2) is 7.97. The zero-order chi connectivity index (χ0) is 17.9. The van der Waals surface area contributed by atoms with Gasteiger partial charge in [-0.1, -0.05) is 29.8 Å². The van der Waals surface area contributed by atoms with Crippen LogP contribution in [0.25, 0.3) is 0 Å². The van der Waals surface area contributed by atoms with E-state index in [0.717, 1.165) is 18.9 Å². The van der Waals surface area contributed by atoms with Crippen molar-refractivity contribution in [1.82, 2.24) is 15.5 Å². The number of hydrogen-bond acceptors (Lipinski definition) is 3. The zero-order valence-electron chi connectivity index (χ0n) is 16.1. The number of nitrogens with zero attached hydrogens (tertiary/aromatic N) is 2. The number of benzene rings is 1. The average molecular weight is 357 g/mol. The molecule has 3 fully saturated rings. The molecule has 0 saturated carbocycles. The molecule has 2 bridgehead atoms. The number of ether oxygens (including phenoxy) is 1. The lowest BCUT2D eigenvalue weighted by Gasteiger charge is -2.30. The summed E-state index contributed by atoms with van der Waals surface area (Å²) in [5.74, 6) is 0.905. The Morgan fingerprint density at radius 1 is 1.23 bits per heavy atom. The lowest BCUT2D eigenvalue weighted by molar-refractivity contribution is 0.0992. The van der Waals surface area contributed by atoms with Crippen LogP contribution in [-0.2, 0) is 4.74 Å². The van der Waals surface area contributed by atoms with Crippen LogP contribution in [0.1, 0.15) is 49.3 Å². The number of hydrogen-bond donors (Lipinski definition) is 2. The fourth-order valence-corrected chi connectivity index (χ4v) is 4.65. The lowest BCUT2D eigenvalue weighted by Crippen LogP contribution is -2.49. The normalized spacial score (nSPS) is 29.9. The standard InChI is InChI=1S/C21H32N4O/c1-15-5-7-16(8-6-15)19(25-11-3-4-12-25)14-23-21(22-2)24-18-13-17-9-10-20(18)26-17/h5-8,17-20H,3-4,9-14H2,1-2H3,(H2,22,23,24). The monoisotopic (exact) mass is 356 g/mol. The molecule has 0 aromatic heterocycles. The van der Waals surface area contributed by atoms with Crippen LogP contribution in [-0.4, -0.2) is 55.8 Å². The summed E-state index contributed by atoms with van der Waals surface area (Å²) in [5, 5.41) is 7.19. The Morgan fingerprint density at radius 3 is 2.62 bits per heavy atom. The van der Waals surface area contributed by atoms with Crippen LogP contribution in [0.2, 0.25) is 0 Å². The van der Waals surface area contributed by atoms with Gasteiger partial charge in [-0.3, -0.25) is 9.89 Å². The Morgan fingerprint density at radius 2 is 2.00 bits per heavy atom. The Balaban J connectivity index is 1.39. The molecule has 4 rings (SSSR count). The van der Waals surface area contributed by atoms with Crippen molar-refractivity contribution in [1.29, 1.82) is 0 Å². The van der Waals surface area contributed by atoms with E-state index < -0.39 is 0 Å². The summed E-state index contributed by atoms with van der Waals surface area (Å²) in [5.41, 5.74) is 2.71. The fraction of sp³-hybridized carbons (Fsp3) is 0.667. The molecule has 5 nitrogen and oxygen atoms in total. The SMILES string of the molecule is CN=C(NCC(c1ccc(C)cc1)N1CCCC1)NC1CC2CCC1O2. The minimum atomic E-state index is 0.366. The number of guanidine groups is 1. The van der Waals surface area contributed by atoms with Crippen molar-refractivity contribution in [2.75, 3.05) is 26.7 Å². The van der Waals surface area contributed by atoms with Gasteiger partial charge in [-0.2, -0.15) is 0 Å². The molecule has 5 heteroatoms. The molecule has 1 aromatic rings. The summed E-state index contributed by atoms with van der Waals surface area (Å²) >= 11 is 0. The van der Waals surface area contributed by atoms with Crippen LogP contribution in [0.4, 0.5) is 0 Å². The molecule has 4 unspecified atom stereocenters. The van der Waals surface area contributed by atoms with E-state index in [1.54, 1.807) is 0 Å². The number of aliphatic imine (C=N–C) groups is 1. The highest BCUT2D eigenvalue weighted by molar-refractivity contribution is 5.80. The second-order valence-corrected chi connectivity index (χ2v) is 7.98. The topological polar surface area (TPSA) is 48.9 Å².